The monoisotopic (exact) mass is 1270 g/mol. The van der Waals surface area contributed by atoms with Gasteiger partial charge < -0.3 is 28.4 Å². The maximum absolute atomic E-state index is 16.8. The third-order valence-electron chi connectivity index (χ3n) is 18.9. The Hall–Kier alpha value is -10.2. The summed E-state index contributed by atoms with van der Waals surface area (Å²) >= 11 is 0. The summed E-state index contributed by atoms with van der Waals surface area (Å²) in [4.78, 5) is 32.4. The van der Waals surface area contributed by atoms with E-state index in [2.05, 4.69) is 39.7 Å². The second kappa shape index (κ2) is 27.0. The van der Waals surface area contributed by atoms with Crippen molar-refractivity contribution in [1.29, 1.82) is 0 Å². The van der Waals surface area contributed by atoms with Crippen LogP contribution < -0.4 is 28.4 Å². The van der Waals surface area contributed by atoms with Crippen LogP contribution in [0.3, 0.4) is 0 Å². The molecule has 17 heteroatoms. The maximum atomic E-state index is 16.8. The molecule has 0 bridgehead atoms. The van der Waals surface area contributed by atoms with E-state index in [0.29, 0.717) is 66.2 Å². The van der Waals surface area contributed by atoms with Crippen LogP contribution in [0.15, 0.2) is 207 Å². The molecule has 0 amide bonds. The van der Waals surface area contributed by atoms with Crippen LogP contribution in [0.25, 0.3) is 65.9 Å². The SMILES string of the molecule is Fc1c(-c2cc(OCc3ccccc3)cc3ccccc23)ncc2c(OCc3ccccc3)nc(OCC34CCCN3CCC4)nc12.Fc1c(-c2cc(OCc3ccccc3)cc3ccccc23)ncc2c(OCc3ccccc3)nc(OCC34CCCN3C[C@H](F)C4)nc12. The van der Waals surface area contributed by atoms with Gasteiger partial charge in [0.15, 0.2) is 11.6 Å². The zero-order valence-corrected chi connectivity index (χ0v) is 52.4. The van der Waals surface area contributed by atoms with Crippen LogP contribution in [0.4, 0.5) is 13.2 Å². The van der Waals surface area contributed by atoms with Crippen molar-refractivity contribution in [3.8, 4) is 57.8 Å². The largest absolute Gasteiger partial charge is 0.489 e. The fourth-order valence-corrected chi connectivity index (χ4v) is 14.1. The van der Waals surface area contributed by atoms with Crippen molar-refractivity contribution in [1.82, 2.24) is 39.7 Å². The first-order valence-corrected chi connectivity index (χ1v) is 32.6. The van der Waals surface area contributed by atoms with E-state index in [1.54, 1.807) is 12.4 Å². The molecule has 4 saturated heterocycles. The van der Waals surface area contributed by atoms with Gasteiger partial charge in [0, 0.05) is 36.5 Å². The second-order valence-corrected chi connectivity index (χ2v) is 25.0. The number of halogens is 3. The smallest absolute Gasteiger partial charge is 0.320 e. The Kier molecular flexibility index (Phi) is 17.3. The second-order valence-electron chi connectivity index (χ2n) is 25.0. The number of nitrogens with zero attached hydrogens (tertiary/aromatic N) is 8. The maximum Gasteiger partial charge on any atom is 0.320 e. The summed E-state index contributed by atoms with van der Waals surface area (Å²) in [5.74, 6) is 0.433. The lowest BCUT2D eigenvalue weighted by atomic mass is 9.95. The highest BCUT2D eigenvalue weighted by molar-refractivity contribution is 6.00. The highest BCUT2D eigenvalue weighted by Crippen LogP contribution is 2.44. The van der Waals surface area contributed by atoms with E-state index in [0.717, 1.165) is 102 Å². The van der Waals surface area contributed by atoms with Crippen LogP contribution >= 0.6 is 0 Å². The fraction of sp³-hybridized carbons (Fsp3) is 0.256. The molecule has 95 heavy (non-hydrogen) atoms. The van der Waals surface area contributed by atoms with Crippen molar-refractivity contribution in [2.75, 3.05) is 39.4 Å². The number of benzene rings is 8. The highest BCUT2D eigenvalue weighted by Gasteiger charge is 2.50. The average Bonchev–Trinajstić information content (AvgIpc) is 1.51. The number of hydrogen-bond acceptors (Lipinski definition) is 14. The highest BCUT2D eigenvalue weighted by atomic mass is 19.1. The van der Waals surface area contributed by atoms with E-state index in [9.17, 15) is 4.39 Å². The van der Waals surface area contributed by atoms with Crippen LogP contribution in [-0.4, -0.2) is 96.3 Å². The zero-order chi connectivity index (χ0) is 64.1. The summed E-state index contributed by atoms with van der Waals surface area (Å²) in [6, 6.07) is 62.6. The number of ether oxygens (including phenoxy) is 6. The van der Waals surface area contributed by atoms with Crippen molar-refractivity contribution >= 4 is 43.4 Å². The molecule has 16 rings (SSSR count). The third-order valence-corrected chi connectivity index (χ3v) is 18.9. The summed E-state index contributed by atoms with van der Waals surface area (Å²) in [6.07, 6.45) is 8.91. The van der Waals surface area contributed by atoms with Gasteiger partial charge in [-0.2, -0.15) is 19.9 Å². The summed E-state index contributed by atoms with van der Waals surface area (Å²) in [7, 11) is 0. The van der Waals surface area contributed by atoms with Gasteiger partial charge in [-0.15, -0.1) is 0 Å². The molecular weight excluding hydrogens is 1200 g/mol. The van der Waals surface area contributed by atoms with Gasteiger partial charge in [-0.25, -0.2) is 13.2 Å². The lowest BCUT2D eigenvalue weighted by molar-refractivity contribution is 0.106. The predicted molar refractivity (Wildman–Crippen MR) is 360 cm³/mol. The topological polar surface area (TPSA) is 139 Å². The molecule has 4 aliphatic rings. The molecule has 4 fully saturated rings. The third kappa shape index (κ3) is 13.0. The summed E-state index contributed by atoms with van der Waals surface area (Å²) in [5.41, 5.74) is 5.17. The minimum absolute atomic E-state index is 0.00949. The van der Waals surface area contributed by atoms with E-state index in [1.165, 1.54) is 0 Å². The number of fused-ring (bicyclic) bond motifs is 6. The van der Waals surface area contributed by atoms with Crippen LogP contribution in [0.5, 0.6) is 35.3 Å². The lowest BCUT2D eigenvalue weighted by Gasteiger charge is -2.31. The molecule has 478 valence electrons. The molecule has 0 radical (unpaired) electrons. The molecule has 2 atom stereocenters. The average molecular weight is 1270 g/mol. The number of hydrogen-bond donors (Lipinski definition) is 0. The normalized spacial score (nSPS) is 17.4. The molecule has 8 heterocycles. The summed E-state index contributed by atoms with van der Waals surface area (Å²) in [6.45, 7) is 5.30. The number of rotatable bonds is 20. The van der Waals surface area contributed by atoms with Gasteiger partial charge in [0.05, 0.1) is 21.9 Å². The molecule has 12 aromatic rings. The lowest BCUT2D eigenvalue weighted by Crippen LogP contribution is -2.43. The van der Waals surface area contributed by atoms with E-state index in [4.69, 9.17) is 28.4 Å². The van der Waals surface area contributed by atoms with Crippen molar-refractivity contribution in [2.45, 2.75) is 88.6 Å². The van der Waals surface area contributed by atoms with Gasteiger partial charge in [-0.1, -0.05) is 170 Å². The first kappa shape index (κ1) is 61.0. The summed E-state index contributed by atoms with van der Waals surface area (Å²) < 4.78 is 85.4. The first-order valence-electron chi connectivity index (χ1n) is 32.6. The molecule has 0 spiro atoms. The Morgan fingerprint density at radius 2 is 0.800 bits per heavy atom. The molecule has 4 aliphatic heterocycles. The van der Waals surface area contributed by atoms with Gasteiger partial charge >= 0.3 is 12.0 Å². The van der Waals surface area contributed by atoms with E-state index in [1.807, 2.05) is 194 Å². The van der Waals surface area contributed by atoms with Gasteiger partial charge in [0.2, 0.25) is 11.8 Å². The zero-order valence-electron chi connectivity index (χ0n) is 52.4. The molecule has 4 aromatic heterocycles. The van der Waals surface area contributed by atoms with Crippen LogP contribution in [0.1, 0.15) is 67.2 Å². The van der Waals surface area contributed by atoms with Crippen molar-refractivity contribution < 1.29 is 41.6 Å². The number of alkyl halides is 1. The van der Waals surface area contributed by atoms with Gasteiger partial charge in [0.25, 0.3) is 0 Å². The minimum atomic E-state index is -0.899. The Balaban J connectivity index is 0.000000156. The fourth-order valence-electron chi connectivity index (χ4n) is 14.1. The predicted octanol–water partition coefficient (Wildman–Crippen LogP) is 16.2. The molecule has 0 N–H and O–H groups in total. The Bertz CT molecular complexity index is 4710. The van der Waals surface area contributed by atoms with Crippen LogP contribution in [0.2, 0.25) is 0 Å². The molecular formula is C78H69F3N8O6. The van der Waals surface area contributed by atoms with Crippen LogP contribution in [-0.2, 0) is 26.4 Å². The Morgan fingerprint density at radius 1 is 0.411 bits per heavy atom. The van der Waals surface area contributed by atoms with E-state index >= 15 is 8.78 Å². The standard InChI is InChI=1S/C39H34F2N4O3.C39H35FN4O3/c40-29-20-39(16-9-17-45(39)22-29)25-48-38-43-36-33(37(44-38)47-24-27-12-5-2-6-13-27)21-42-35(34(36)41)32-19-30(18-28-14-7-8-15-31(28)32)46-23-26-10-3-1-4-11-26;40-34-35(32-22-30(21-29-15-7-8-16-31(29)32)45-24-27-11-3-1-4-12-27)41-23-33-36(34)42-38(43-37(33)46-25-28-13-5-2-6-14-28)47-26-39-17-9-19-44(39)20-10-18-39/h1-8,10-15,18-19,21,29H,9,16-17,20,22-25H2;1-8,11-16,21-23H,9-10,17-20,24-26H2/t29-,39?;/m1./s1. The van der Waals surface area contributed by atoms with Crippen molar-refractivity contribution in [3.05, 3.63) is 240 Å². The molecule has 1 unspecified atom stereocenters. The van der Waals surface area contributed by atoms with Gasteiger partial charge in [0.1, 0.15) is 79.7 Å². The van der Waals surface area contributed by atoms with Gasteiger partial charge in [-0.05, 0) is 126 Å². The van der Waals surface area contributed by atoms with Crippen LogP contribution in [0, 0.1) is 11.6 Å². The molecule has 0 saturated carbocycles. The number of pyridine rings is 2. The van der Waals surface area contributed by atoms with E-state index < -0.39 is 23.3 Å². The Labute approximate surface area is 548 Å². The molecule has 14 nitrogen and oxygen atoms in total. The minimum Gasteiger partial charge on any atom is -0.489 e. The molecule has 0 aliphatic carbocycles. The summed E-state index contributed by atoms with van der Waals surface area (Å²) in [5, 5.41) is 4.20. The van der Waals surface area contributed by atoms with Gasteiger partial charge in [-0.3, -0.25) is 19.8 Å². The quantitative estimate of drug-likeness (QED) is 0.0715. The first-order chi connectivity index (χ1) is 46.7. The van der Waals surface area contributed by atoms with Crippen molar-refractivity contribution in [2.24, 2.45) is 0 Å². The Morgan fingerprint density at radius 3 is 1.25 bits per heavy atom. The van der Waals surface area contributed by atoms with E-state index in [-0.39, 0.29) is 71.6 Å². The molecule has 8 aromatic carbocycles. The van der Waals surface area contributed by atoms with Crippen molar-refractivity contribution in [3.63, 3.8) is 0 Å². The number of aromatic nitrogens is 6.